The fourth-order valence-corrected chi connectivity index (χ4v) is 4.17. The summed E-state index contributed by atoms with van der Waals surface area (Å²) in [6.07, 6.45) is 5.06. The third-order valence-corrected chi connectivity index (χ3v) is 5.92. The first-order chi connectivity index (χ1) is 13.2. The molecule has 6 nitrogen and oxygen atoms in total. The molecule has 0 unspecified atom stereocenters. The molecule has 27 heavy (non-hydrogen) atoms. The standard InChI is InChI=1S/C21H35N3O3/c1-23-10-8-19(9-11-23)24-12-6-18(7-13-24)22-15-17-14-20(26-3)4-5-21(17)27-16-25-2/h4-5,14,18-19,22H,6-13,15-16H2,1-3H3. The van der Waals surface area contributed by atoms with Gasteiger partial charge in [-0.1, -0.05) is 0 Å². The molecule has 3 rings (SSSR count). The average Bonchev–Trinajstić information content (AvgIpc) is 2.72. The molecule has 2 aliphatic heterocycles. The molecule has 2 saturated heterocycles. The van der Waals surface area contributed by atoms with Gasteiger partial charge >= 0.3 is 0 Å². The molecule has 6 heteroatoms. The van der Waals surface area contributed by atoms with Gasteiger partial charge in [-0.15, -0.1) is 0 Å². The van der Waals surface area contributed by atoms with Gasteiger partial charge in [0.05, 0.1) is 7.11 Å². The van der Waals surface area contributed by atoms with Gasteiger partial charge in [0, 0.05) is 31.3 Å². The lowest BCUT2D eigenvalue weighted by Crippen LogP contribution is -2.49. The number of benzene rings is 1. The van der Waals surface area contributed by atoms with Crippen LogP contribution in [0, 0.1) is 0 Å². The molecule has 1 N–H and O–H groups in total. The van der Waals surface area contributed by atoms with E-state index < -0.39 is 0 Å². The number of nitrogens with one attached hydrogen (secondary N) is 1. The molecule has 0 spiro atoms. The number of rotatable bonds is 8. The van der Waals surface area contributed by atoms with E-state index in [-0.39, 0.29) is 6.79 Å². The Morgan fingerprint density at radius 2 is 1.78 bits per heavy atom. The molecule has 0 atom stereocenters. The first-order valence-electron chi connectivity index (χ1n) is 10.1. The van der Waals surface area contributed by atoms with E-state index in [1.54, 1.807) is 14.2 Å². The fraction of sp³-hybridized carbons (Fsp3) is 0.714. The Labute approximate surface area is 163 Å². The van der Waals surface area contributed by atoms with E-state index >= 15 is 0 Å². The van der Waals surface area contributed by atoms with Crippen molar-refractivity contribution in [3.63, 3.8) is 0 Å². The maximum atomic E-state index is 5.70. The normalized spacial score (nSPS) is 20.7. The highest BCUT2D eigenvalue weighted by Crippen LogP contribution is 2.25. The van der Waals surface area contributed by atoms with Crippen LogP contribution >= 0.6 is 0 Å². The molecule has 0 aliphatic carbocycles. The third-order valence-electron chi connectivity index (χ3n) is 5.92. The minimum atomic E-state index is 0.258. The Morgan fingerprint density at radius 1 is 1.04 bits per heavy atom. The molecule has 2 fully saturated rings. The highest BCUT2D eigenvalue weighted by molar-refractivity contribution is 5.40. The van der Waals surface area contributed by atoms with Crippen molar-refractivity contribution in [1.82, 2.24) is 15.1 Å². The summed E-state index contributed by atoms with van der Waals surface area (Å²) in [4.78, 5) is 5.16. The van der Waals surface area contributed by atoms with Crippen molar-refractivity contribution in [2.45, 2.75) is 44.3 Å². The minimum Gasteiger partial charge on any atom is -0.497 e. The molecule has 1 aromatic rings. The summed E-state index contributed by atoms with van der Waals surface area (Å²) in [6, 6.07) is 7.28. The molecular formula is C21H35N3O3. The third kappa shape index (κ3) is 5.82. The molecular weight excluding hydrogens is 342 g/mol. The van der Waals surface area contributed by atoms with Crippen LogP contribution in [0.2, 0.25) is 0 Å². The van der Waals surface area contributed by atoms with Crippen LogP contribution < -0.4 is 14.8 Å². The second-order valence-corrected chi connectivity index (χ2v) is 7.75. The van der Waals surface area contributed by atoms with Gasteiger partial charge in [0.25, 0.3) is 0 Å². The maximum Gasteiger partial charge on any atom is 0.188 e. The van der Waals surface area contributed by atoms with E-state index in [0.29, 0.717) is 6.04 Å². The van der Waals surface area contributed by atoms with Gasteiger partial charge in [-0.3, -0.25) is 0 Å². The second kappa shape index (κ2) is 10.3. The van der Waals surface area contributed by atoms with Crippen molar-refractivity contribution in [3.8, 4) is 11.5 Å². The van der Waals surface area contributed by atoms with Gasteiger partial charge in [-0.25, -0.2) is 0 Å². The van der Waals surface area contributed by atoms with Crippen LogP contribution in [-0.4, -0.2) is 76.1 Å². The van der Waals surface area contributed by atoms with E-state index in [1.807, 2.05) is 18.2 Å². The number of methoxy groups -OCH3 is 2. The predicted molar refractivity (Wildman–Crippen MR) is 107 cm³/mol. The monoisotopic (exact) mass is 377 g/mol. The Hall–Kier alpha value is -1.34. The summed E-state index contributed by atoms with van der Waals surface area (Å²) in [5.41, 5.74) is 1.11. The predicted octanol–water partition coefficient (Wildman–Crippen LogP) is 2.33. The molecule has 2 heterocycles. The first kappa shape index (κ1) is 20.4. The van der Waals surface area contributed by atoms with Crippen LogP contribution in [0.15, 0.2) is 18.2 Å². The van der Waals surface area contributed by atoms with Crippen molar-refractivity contribution in [2.24, 2.45) is 0 Å². The van der Waals surface area contributed by atoms with E-state index in [0.717, 1.165) is 29.6 Å². The van der Waals surface area contributed by atoms with Gasteiger partial charge in [0.2, 0.25) is 0 Å². The van der Waals surface area contributed by atoms with Gasteiger partial charge in [-0.2, -0.15) is 0 Å². The second-order valence-electron chi connectivity index (χ2n) is 7.75. The SMILES string of the molecule is COCOc1ccc(OC)cc1CNC1CCN(C2CCN(C)CC2)CC1. The molecule has 2 aliphatic rings. The molecule has 0 amide bonds. The van der Waals surface area contributed by atoms with E-state index in [2.05, 4.69) is 22.2 Å². The summed E-state index contributed by atoms with van der Waals surface area (Å²) in [5.74, 6) is 1.71. The van der Waals surface area contributed by atoms with E-state index in [9.17, 15) is 0 Å². The Morgan fingerprint density at radius 3 is 2.44 bits per heavy atom. The molecule has 0 aromatic heterocycles. The van der Waals surface area contributed by atoms with E-state index in [4.69, 9.17) is 14.2 Å². The smallest absolute Gasteiger partial charge is 0.188 e. The quantitative estimate of drug-likeness (QED) is 0.702. The summed E-state index contributed by atoms with van der Waals surface area (Å²) in [6.45, 7) is 5.93. The topological polar surface area (TPSA) is 46.2 Å². The van der Waals surface area contributed by atoms with Crippen molar-refractivity contribution >= 4 is 0 Å². The number of nitrogens with zero attached hydrogens (tertiary/aromatic N) is 2. The summed E-state index contributed by atoms with van der Waals surface area (Å²) < 4.78 is 16.1. The van der Waals surface area contributed by atoms with Crippen molar-refractivity contribution in [3.05, 3.63) is 23.8 Å². The van der Waals surface area contributed by atoms with Crippen LogP contribution in [0.5, 0.6) is 11.5 Å². The summed E-state index contributed by atoms with van der Waals surface area (Å²) >= 11 is 0. The minimum absolute atomic E-state index is 0.258. The zero-order chi connectivity index (χ0) is 19.1. The number of likely N-dealkylation sites (tertiary alicyclic amines) is 2. The lowest BCUT2D eigenvalue weighted by Gasteiger charge is -2.41. The molecule has 0 radical (unpaired) electrons. The largest absolute Gasteiger partial charge is 0.497 e. The van der Waals surface area contributed by atoms with Crippen LogP contribution in [0.4, 0.5) is 0 Å². The highest BCUT2D eigenvalue weighted by Gasteiger charge is 2.27. The zero-order valence-electron chi connectivity index (χ0n) is 17.1. The molecule has 1 aromatic carbocycles. The average molecular weight is 378 g/mol. The maximum absolute atomic E-state index is 5.70. The summed E-state index contributed by atoms with van der Waals surface area (Å²) in [5, 5.41) is 3.73. The number of piperidine rings is 2. The van der Waals surface area contributed by atoms with Crippen molar-refractivity contribution < 1.29 is 14.2 Å². The van der Waals surface area contributed by atoms with Gasteiger partial charge in [-0.05, 0) is 77.1 Å². The highest BCUT2D eigenvalue weighted by atomic mass is 16.7. The van der Waals surface area contributed by atoms with Gasteiger partial charge in [0.1, 0.15) is 11.5 Å². The lowest BCUT2D eigenvalue weighted by atomic mass is 9.98. The number of ether oxygens (including phenoxy) is 3. The van der Waals surface area contributed by atoms with Crippen molar-refractivity contribution in [2.75, 3.05) is 54.2 Å². The van der Waals surface area contributed by atoms with Gasteiger partial charge < -0.3 is 29.3 Å². The van der Waals surface area contributed by atoms with Crippen molar-refractivity contribution in [1.29, 1.82) is 0 Å². The van der Waals surface area contributed by atoms with Crippen LogP contribution in [0.1, 0.15) is 31.2 Å². The Bertz CT molecular complexity index is 568. The number of hydrogen-bond donors (Lipinski definition) is 1. The Kier molecular flexibility index (Phi) is 7.76. The van der Waals surface area contributed by atoms with Gasteiger partial charge in [0.15, 0.2) is 6.79 Å². The molecule has 152 valence electrons. The lowest BCUT2D eigenvalue weighted by molar-refractivity contribution is 0.0502. The molecule has 0 bridgehead atoms. The number of hydrogen-bond acceptors (Lipinski definition) is 6. The molecule has 0 saturated carbocycles. The fourth-order valence-electron chi connectivity index (χ4n) is 4.17. The van der Waals surface area contributed by atoms with Crippen LogP contribution in [-0.2, 0) is 11.3 Å². The van der Waals surface area contributed by atoms with E-state index in [1.165, 1.54) is 51.9 Å². The zero-order valence-corrected chi connectivity index (χ0v) is 17.1. The summed E-state index contributed by atoms with van der Waals surface area (Å²) in [7, 11) is 5.57. The Balaban J connectivity index is 1.48. The first-order valence-corrected chi connectivity index (χ1v) is 10.1. The van der Waals surface area contributed by atoms with Crippen LogP contribution in [0.25, 0.3) is 0 Å². The van der Waals surface area contributed by atoms with Crippen LogP contribution in [0.3, 0.4) is 0 Å².